The number of carboxylic acids is 1. The van der Waals surface area contributed by atoms with Gasteiger partial charge < -0.3 is 14.6 Å². The molecule has 26 heavy (non-hydrogen) atoms. The van der Waals surface area contributed by atoms with Crippen LogP contribution in [0.4, 0.5) is 4.79 Å². The first-order chi connectivity index (χ1) is 11.6. The summed E-state index contributed by atoms with van der Waals surface area (Å²) in [6.07, 6.45) is -0.812. The van der Waals surface area contributed by atoms with Crippen LogP contribution in [0, 0.1) is 11.8 Å². The van der Waals surface area contributed by atoms with Gasteiger partial charge in [-0.05, 0) is 48.5 Å². The van der Waals surface area contributed by atoms with Gasteiger partial charge in [0.2, 0.25) is 0 Å². The molecule has 0 saturated carbocycles. The van der Waals surface area contributed by atoms with Crippen LogP contribution in [0.5, 0.6) is 0 Å². The van der Waals surface area contributed by atoms with Crippen LogP contribution in [0.1, 0.15) is 54.9 Å². The van der Waals surface area contributed by atoms with E-state index in [2.05, 4.69) is 6.58 Å². The number of nitrogens with zero attached hydrogens (tertiary/aromatic N) is 1. The fraction of sp³-hybridized carbons (Fsp3) is 0.737. The Kier molecular flexibility index (Phi) is 6.49. The highest BCUT2D eigenvalue weighted by Gasteiger charge is 2.50. The van der Waals surface area contributed by atoms with Crippen molar-refractivity contribution in [3.63, 3.8) is 0 Å². The SMILES string of the molecule is C=C(C)[C@H]1CN(C(=O)OC(C)(C)C)[C@H](C(=O)O)[C@H]1CC(=O)OC(C)(C)C. The van der Waals surface area contributed by atoms with E-state index in [4.69, 9.17) is 9.47 Å². The summed E-state index contributed by atoms with van der Waals surface area (Å²) in [6.45, 7) is 16.2. The van der Waals surface area contributed by atoms with Crippen LogP contribution in [0.25, 0.3) is 0 Å². The highest BCUT2D eigenvalue weighted by molar-refractivity contribution is 5.83. The Balaban J connectivity index is 3.11. The maximum Gasteiger partial charge on any atom is 0.411 e. The van der Waals surface area contributed by atoms with Crippen molar-refractivity contribution < 1.29 is 29.0 Å². The van der Waals surface area contributed by atoms with Crippen molar-refractivity contribution in [1.82, 2.24) is 4.90 Å². The average Bonchev–Trinajstić information content (AvgIpc) is 2.73. The van der Waals surface area contributed by atoms with Crippen molar-refractivity contribution in [3.05, 3.63) is 12.2 Å². The molecule has 0 aliphatic carbocycles. The molecule has 0 aromatic rings. The quantitative estimate of drug-likeness (QED) is 0.604. The summed E-state index contributed by atoms with van der Waals surface area (Å²) in [5, 5.41) is 9.72. The highest BCUT2D eigenvalue weighted by Crippen LogP contribution is 2.38. The van der Waals surface area contributed by atoms with Crippen LogP contribution in [-0.4, -0.2) is 51.8 Å². The maximum atomic E-state index is 12.5. The molecular weight excluding hydrogens is 338 g/mol. The molecule has 1 aliphatic rings. The molecule has 0 radical (unpaired) electrons. The number of carbonyl (C=O) groups is 3. The zero-order valence-electron chi connectivity index (χ0n) is 16.8. The predicted octanol–water partition coefficient (Wildman–Crippen LogP) is 3.23. The first-order valence-corrected chi connectivity index (χ1v) is 8.72. The maximum absolute atomic E-state index is 12.5. The van der Waals surface area contributed by atoms with E-state index in [0.717, 1.165) is 5.57 Å². The molecule has 0 aromatic carbocycles. The Hall–Kier alpha value is -2.05. The number of aliphatic carboxylic acids is 1. The zero-order valence-corrected chi connectivity index (χ0v) is 16.8. The predicted molar refractivity (Wildman–Crippen MR) is 96.6 cm³/mol. The van der Waals surface area contributed by atoms with Gasteiger partial charge >= 0.3 is 18.0 Å². The van der Waals surface area contributed by atoms with E-state index in [9.17, 15) is 19.5 Å². The molecule has 1 heterocycles. The topological polar surface area (TPSA) is 93.1 Å². The largest absolute Gasteiger partial charge is 0.480 e. The lowest BCUT2D eigenvalue weighted by molar-refractivity contribution is -0.157. The molecule has 1 amide bonds. The van der Waals surface area contributed by atoms with Gasteiger partial charge in [-0.15, -0.1) is 0 Å². The minimum atomic E-state index is -1.17. The van der Waals surface area contributed by atoms with E-state index >= 15 is 0 Å². The van der Waals surface area contributed by atoms with Gasteiger partial charge in [0.1, 0.15) is 17.2 Å². The highest BCUT2D eigenvalue weighted by atomic mass is 16.6. The van der Waals surface area contributed by atoms with Crippen molar-refractivity contribution in [2.75, 3.05) is 6.54 Å². The first-order valence-electron chi connectivity index (χ1n) is 8.72. The lowest BCUT2D eigenvalue weighted by Gasteiger charge is -2.28. The number of carboxylic acid groups (broad SMARTS) is 1. The van der Waals surface area contributed by atoms with E-state index in [1.165, 1.54) is 4.90 Å². The van der Waals surface area contributed by atoms with E-state index < -0.39 is 41.2 Å². The Morgan fingerprint density at radius 1 is 1.08 bits per heavy atom. The third-order valence-corrected chi connectivity index (χ3v) is 3.99. The number of carbonyl (C=O) groups excluding carboxylic acids is 2. The number of hydrogen-bond acceptors (Lipinski definition) is 5. The van der Waals surface area contributed by atoms with Crippen LogP contribution in [0.15, 0.2) is 12.2 Å². The van der Waals surface area contributed by atoms with Crippen molar-refractivity contribution in [3.8, 4) is 0 Å². The summed E-state index contributed by atoms with van der Waals surface area (Å²) in [5.74, 6) is -2.61. The van der Waals surface area contributed by atoms with E-state index in [-0.39, 0.29) is 18.9 Å². The van der Waals surface area contributed by atoms with Gasteiger partial charge in [-0.1, -0.05) is 12.2 Å². The number of ether oxygens (including phenoxy) is 2. The van der Waals surface area contributed by atoms with Crippen LogP contribution in [0.3, 0.4) is 0 Å². The molecule has 0 spiro atoms. The lowest BCUT2D eigenvalue weighted by atomic mass is 9.84. The molecule has 1 aliphatic heterocycles. The normalized spacial score (nSPS) is 23.5. The second-order valence-electron chi connectivity index (χ2n) is 8.82. The monoisotopic (exact) mass is 369 g/mol. The Bertz CT molecular complexity index is 584. The number of hydrogen-bond donors (Lipinski definition) is 1. The van der Waals surface area contributed by atoms with Crippen LogP contribution >= 0.6 is 0 Å². The van der Waals surface area contributed by atoms with Gasteiger partial charge in [0.25, 0.3) is 0 Å². The smallest absolute Gasteiger partial charge is 0.411 e. The zero-order chi connectivity index (χ0) is 20.4. The number of esters is 1. The van der Waals surface area contributed by atoms with Crippen molar-refractivity contribution >= 4 is 18.0 Å². The summed E-state index contributed by atoms with van der Waals surface area (Å²) >= 11 is 0. The van der Waals surface area contributed by atoms with E-state index in [1.54, 1.807) is 48.5 Å². The molecule has 0 aromatic heterocycles. The molecule has 0 bridgehead atoms. The van der Waals surface area contributed by atoms with Gasteiger partial charge in [-0.2, -0.15) is 0 Å². The van der Waals surface area contributed by atoms with Gasteiger partial charge in [0, 0.05) is 18.4 Å². The van der Waals surface area contributed by atoms with Gasteiger partial charge in [0.15, 0.2) is 0 Å². The molecule has 1 fully saturated rings. The molecule has 7 heteroatoms. The minimum absolute atomic E-state index is 0.106. The lowest BCUT2D eigenvalue weighted by Crippen LogP contribution is -2.46. The molecular formula is C19H31NO6. The van der Waals surface area contributed by atoms with E-state index in [1.807, 2.05) is 0 Å². The molecule has 1 N–H and O–H groups in total. The van der Waals surface area contributed by atoms with Crippen molar-refractivity contribution in [2.45, 2.75) is 72.1 Å². The van der Waals surface area contributed by atoms with Crippen molar-refractivity contribution in [1.29, 1.82) is 0 Å². The molecule has 148 valence electrons. The molecule has 3 atom stereocenters. The third-order valence-electron chi connectivity index (χ3n) is 3.99. The van der Waals surface area contributed by atoms with Crippen LogP contribution in [0.2, 0.25) is 0 Å². The summed E-state index contributed by atoms with van der Waals surface area (Å²) < 4.78 is 10.7. The number of rotatable bonds is 4. The van der Waals surface area contributed by atoms with Crippen LogP contribution < -0.4 is 0 Å². The van der Waals surface area contributed by atoms with Crippen molar-refractivity contribution in [2.24, 2.45) is 11.8 Å². The third kappa shape index (κ3) is 6.04. The summed E-state index contributed by atoms with van der Waals surface area (Å²) in [6, 6.07) is -1.17. The molecule has 1 saturated heterocycles. The van der Waals surface area contributed by atoms with Gasteiger partial charge in [0.05, 0.1) is 6.42 Å². The fourth-order valence-corrected chi connectivity index (χ4v) is 3.09. The van der Waals surface area contributed by atoms with Gasteiger partial charge in [-0.3, -0.25) is 9.69 Å². The Labute approximate surface area is 155 Å². The fourth-order valence-electron chi connectivity index (χ4n) is 3.09. The molecule has 1 rings (SSSR count). The first kappa shape index (κ1) is 22.0. The summed E-state index contributed by atoms with van der Waals surface area (Å²) in [7, 11) is 0. The average molecular weight is 369 g/mol. The van der Waals surface area contributed by atoms with Gasteiger partial charge in [-0.25, -0.2) is 9.59 Å². The second kappa shape index (κ2) is 7.68. The summed E-state index contributed by atoms with van der Waals surface area (Å²) in [4.78, 5) is 37.9. The molecule has 0 unspecified atom stereocenters. The number of likely N-dealkylation sites (tertiary alicyclic amines) is 1. The Morgan fingerprint density at radius 3 is 1.96 bits per heavy atom. The van der Waals surface area contributed by atoms with E-state index in [0.29, 0.717) is 0 Å². The Morgan fingerprint density at radius 2 is 1.58 bits per heavy atom. The van der Waals surface area contributed by atoms with Crippen LogP contribution in [-0.2, 0) is 19.1 Å². The number of amides is 1. The standard InChI is InChI=1S/C19H31NO6/c1-11(2)13-10-20(17(24)26-19(6,7)8)15(16(22)23)12(13)9-14(21)25-18(3,4)5/h12-13,15H,1,9-10H2,2-8H3,(H,22,23)/t12-,13+,15-/m0/s1. The minimum Gasteiger partial charge on any atom is -0.480 e. The summed E-state index contributed by atoms with van der Waals surface area (Å²) in [5.41, 5.74) is -0.698. The second-order valence-corrected chi connectivity index (χ2v) is 8.82. The molecule has 7 nitrogen and oxygen atoms in total.